The summed E-state index contributed by atoms with van der Waals surface area (Å²) >= 11 is 0. The van der Waals surface area contributed by atoms with Crippen LogP contribution in [0.4, 0.5) is 0 Å². The molecule has 0 radical (unpaired) electrons. The van der Waals surface area contributed by atoms with Gasteiger partial charge in [-0.25, -0.2) is 0 Å². The summed E-state index contributed by atoms with van der Waals surface area (Å²) in [6.45, 7) is 1.60. The number of carbonyl (C=O) groups excluding carboxylic acids is 2. The molecule has 1 amide bonds. The summed E-state index contributed by atoms with van der Waals surface area (Å²) in [5.74, 6) is 1.34. The second-order valence-electron chi connectivity index (χ2n) is 6.37. The van der Waals surface area contributed by atoms with E-state index in [0.29, 0.717) is 56.1 Å². The maximum atomic E-state index is 12.4. The summed E-state index contributed by atoms with van der Waals surface area (Å²) in [5.41, 5.74) is 1.69. The normalized spacial score (nSPS) is 12.5. The summed E-state index contributed by atoms with van der Waals surface area (Å²) in [7, 11) is 1.79. The molecule has 2 aromatic carbocycles. The van der Waals surface area contributed by atoms with Crippen LogP contribution in [0.5, 0.6) is 11.5 Å². The number of ether oxygens (including phenoxy) is 2. The zero-order valence-corrected chi connectivity index (χ0v) is 14.9. The van der Waals surface area contributed by atoms with Crippen LogP contribution in [0, 0.1) is 0 Å². The summed E-state index contributed by atoms with van der Waals surface area (Å²) in [6, 6.07) is 15.1. The molecule has 0 saturated heterocycles. The molecule has 1 aliphatic rings. The van der Waals surface area contributed by atoms with Crippen molar-refractivity contribution in [2.45, 2.75) is 25.8 Å². The second kappa shape index (κ2) is 8.52. The lowest BCUT2D eigenvalue weighted by atomic mass is 10.0. The van der Waals surface area contributed by atoms with Gasteiger partial charge in [-0.05, 0) is 30.2 Å². The Morgan fingerprint density at radius 3 is 2.46 bits per heavy atom. The first kappa shape index (κ1) is 18.0. The highest BCUT2D eigenvalue weighted by molar-refractivity contribution is 5.96. The smallest absolute Gasteiger partial charge is 0.222 e. The second-order valence-corrected chi connectivity index (χ2v) is 6.37. The lowest BCUT2D eigenvalue weighted by Gasteiger charge is -2.18. The number of hydrogen-bond donors (Lipinski definition) is 0. The van der Waals surface area contributed by atoms with Gasteiger partial charge in [0.15, 0.2) is 17.3 Å². The molecular formula is C21H23NO4. The average molecular weight is 353 g/mol. The van der Waals surface area contributed by atoms with Crippen molar-refractivity contribution in [1.29, 1.82) is 0 Å². The van der Waals surface area contributed by atoms with Gasteiger partial charge in [0, 0.05) is 32.0 Å². The zero-order chi connectivity index (χ0) is 18.4. The fourth-order valence-electron chi connectivity index (χ4n) is 2.90. The molecule has 26 heavy (non-hydrogen) atoms. The topological polar surface area (TPSA) is 55.8 Å². The molecule has 0 aliphatic carbocycles. The molecule has 2 aromatic rings. The number of amides is 1. The maximum absolute atomic E-state index is 12.4. The summed E-state index contributed by atoms with van der Waals surface area (Å²) in [6.07, 6.45) is 1.23. The van der Waals surface area contributed by atoms with E-state index in [0.717, 1.165) is 5.56 Å². The molecular weight excluding hydrogens is 330 g/mol. The third-order valence-corrected chi connectivity index (χ3v) is 4.35. The van der Waals surface area contributed by atoms with E-state index in [1.165, 1.54) is 0 Å². The third kappa shape index (κ3) is 4.63. The first-order valence-corrected chi connectivity index (χ1v) is 8.84. The third-order valence-electron chi connectivity index (χ3n) is 4.35. The highest BCUT2D eigenvalue weighted by Crippen LogP contribution is 2.31. The van der Waals surface area contributed by atoms with E-state index in [2.05, 4.69) is 0 Å². The SMILES string of the molecule is CN(Cc1ccccc1)C(=O)CCCC(=O)c1ccc2c(c1)OCCO2. The highest BCUT2D eigenvalue weighted by atomic mass is 16.6. The van der Waals surface area contributed by atoms with Gasteiger partial charge in [0.05, 0.1) is 0 Å². The molecule has 0 bridgehead atoms. The number of Topliss-reactive ketones (excluding diaryl/α,β-unsaturated/α-hetero) is 1. The Kier molecular flexibility index (Phi) is 5.89. The van der Waals surface area contributed by atoms with Gasteiger partial charge in [0.25, 0.3) is 0 Å². The molecule has 0 aromatic heterocycles. The lowest BCUT2D eigenvalue weighted by molar-refractivity contribution is -0.130. The molecule has 0 atom stereocenters. The predicted octanol–water partition coefficient (Wildman–Crippen LogP) is 3.47. The maximum Gasteiger partial charge on any atom is 0.222 e. The van der Waals surface area contributed by atoms with Gasteiger partial charge in [-0.3, -0.25) is 9.59 Å². The lowest BCUT2D eigenvalue weighted by Crippen LogP contribution is -2.26. The summed E-state index contributed by atoms with van der Waals surface area (Å²) < 4.78 is 11.0. The molecule has 5 heteroatoms. The Morgan fingerprint density at radius 2 is 1.69 bits per heavy atom. The molecule has 0 spiro atoms. The standard InChI is InChI=1S/C21H23NO4/c1-22(15-16-6-3-2-4-7-16)21(24)9-5-8-18(23)17-10-11-19-20(14-17)26-13-12-25-19/h2-4,6-7,10-11,14H,5,8-9,12-13,15H2,1H3. The van der Waals surface area contributed by atoms with Crippen molar-refractivity contribution in [2.24, 2.45) is 0 Å². The van der Waals surface area contributed by atoms with Crippen LogP contribution in [0.2, 0.25) is 0 Å². The largest absolute Gasteiger partial charge is 0.486 e. The van der Waals surface area contributed by atoms with E-state index < -0.39 is 0 Å². The van der Waals surface area contributed by atoms with E-state index in [-0.39, 0.29) is 11.7 Å². The summed E-state index contributed by atoms with van der Waals surface area (Å²) in [4.78, 5) is 26.3. The monoisotopic (exact) mass is 353 g/mol. The van der Waals surface area contributed by atoms with Gasteiger partial charge in [-0.1, -0.05) is 30.3 Å². The highest BCUT2D eigenvalue weighted by Gasteiger charge is 2.16. The molecule has 0 N–H and O–H groups in total. The molecule has 3 rings (SSSR count). The van der Waals surface area contributed by atoms with Crippen molar-refractivity contribution in [3.8, 4) is 11.5 Å². The Hall–Kier alpha value is -2.82. The van der Waals surface area contributed by atoms with Crippen LogP contribution < -0.4 is 9.47 Å². The molecule has 0 saturated carbocycles. The molecule has 136 valence electrons. The molecule has 1 aliphatic heterocycles. The minimum absolute atomic E-state index is 0.0143. The molecule has 0 unspecified atom stereocenters. The van der Waals surface area contributed by atoms with Gasteiger partial charge >= 0.3 is 0 Å². The van der Waals surface area contributed by atoms with Crippen molar-refractivity contribution >= 4 is 11.7 Å². The summed E-state index contributed by atoms with van der Waals surface area (Å²) in [5, 5.41) is 0. The van der Waals surface area contributed by atoms with Gasteiger partial charge in [0.1, 0.15) is 13.2 Å². The van der Waals surface area contributed by atoms with E-state index >= 15 is 0 Å². The van der Waals surface area contributed by atoms with Crippen LogP contribution in [-0.4, -0.2) is 36.9 Å². The van der Waals surface area contributed by atoms with Gasteiger partial charge in [0.2, 0.25) is 5.91 Å². The van der Waals surface area contributed by atoms with Gasteiger partial charge in [-0.15, -0.1) is 0 Å². The van der Waals surface area contributed by atoms with Crippen LogP contribution in [0.1, 0.15) is 35.2 Å². The van der Waals surface area contributed by atoms with Crippen LogP contribution >= 0.6 is 0 Å². The van der Waals surface area contributed by atoms with Crippen molar-refractivity contribution in [3.05, 3.63) is 59.7 Å². The van der Waals surface area contributed by atoms with E-state index in [9.17, 15) is 9.59 Å². The Labute approximate surface area is 153 Å². The number of hydrogen-bond acceptors (Lipinski definition) is 4. The van der Waals surface area contributed by atoms with Gasteiger partial charge < -0.3 is 14.4 Å². The number of carbonyl (C=O) groups is 2. The number of ketones is 1. The van der Waals surface area contributed by atoms with Crippen molar-refractivity contribution in [2.75, 3.05) is 20.3 Å². The minimum atomic E-state index is 0.0143. The molecule has 1 heterocycles. The van der Waals surface area contributed by atoms with E-state index in [4.69, 9.17) is 9.47 Å². The first-order chi connectivity index (χ1) is 12.6. The number of nitrogens with zero attached hydrogens (tertiary/aromatic N) is 1. The van der Waals surface area contributed by atoms with Gasteiger partial charge in [-0.2, -0.15) is 0 Å². The zero-order valence-electron chi connectivity index (χ0n) is 14.9. The van der Waals surface area contributed by atoms with Crippen LogP contribution in [0.15, 0.2) is 48.5 Å². The number of benzene rings is 2. The van der Waals surface area contributed by atoms with Crippen molar-refractivity contribution < 1.29 is 19.1 Å². The fourth-order valence-corrected chi connectivity index (χ4v) is 2.90. The van der Waals surface area contributed by atoms with Crippen molar-refractivity contribution in [1.82, 2.24) is 4.90 Å². The van der Waals surface area contributed by atoms with Crippen LogP contribution in [0.3, 0.4) is 0 Å². The number of fused-ring (bicyclic) bond motifs is 1. The van der Waals surface area contributed by atoms with Crippen LogP contribution in [-0.2, 0) is 11.3 Å². The average Bonchev–Trinajstić information content (AvgIpc) is 2.68. The fraction of sp³-hybridized carbons (Fsp3) is 0.333. The predicted molar refractivity (Wildman–Crippen MR) is 98.5 cm³/mol. The Balaban J connectivity index is 1.46. The molecule has 5 nitrogen and oxygen atoms in total. The van der Waals surface area contributed by atoms with Crippen molar-refractivity contribution in [3.63, 3.8) is 0 Å². The Bertz CT molecular complexity index is 773. The van der Waals surface area contributed by atoms with E-state index in [1.54, 1.807) is 30.1 Å². The Morgan fingerprint density at radius 1 is 0.962 bits per heavy atom. The quantitative estimate of drug-likeness (QED) is 0.715. The number of rotatable bonds is 7. The van der Waals surface area contributed by atoms with E-state index in [1.807, 2.05) is 30.3 Å². The molecule has 0 fully saturated rings. The minimum Gasteiger partial charge on any atom is -0.486 e. The van der Waals surface area contributed by atoms with Crippen LogP contribution in [0.25, 0.3) is 0 Å². The first-order valence-electron chi connectivity index (χ1n) is 8.84.